The van der Waals surface area contributed by atoms with Crippen molar-refractivity contribution in [3.63, 3.8) is 0 Å². The molecule has 112 valence electrons. The Morgan fingerprint density at radius 2 is 2.23 bits per heavy atom. The van der Waals surface area contributed by atoms with Gasteiger partial charge in [-0.15, -0.1) is 10.2 Å². The lowest BCUT2D eigenvalue weighted by molar-refractivity contribution is 0.0683. The van der Waals surface area contributed by atoms with Crippen LogP contribution in [0, 0.1) is 5.82 Å². The molecule has 1 fully saturated rings. The van der Waals surface area contributed by atoms with Gasteiger partial charge in [0.2, 0.25) is 0 Å². The number of tetrazole rings is 1. The molecule has 9 heteroatoms. The first kappa shape index (κ1) is 12.9. The fourth-order valence-electron chi connectivity index (χ4n) is 2.39. The molecular weight excluding hydrogens is 291 g/mol. The number of nitrogens with zero attached hydrogens (tertiary/aromatic N) is 6. The molecule has 0 aliphatic heterocycles. The Morgan fingerprint density at radius 3 is 2.91 bits per heavy atom. The summed E-state index contributed by atoms with van der Waals surface area (Å²) in [6.45, 7) is 0.125. The van der Waals surface area contributed by atoms with E-state index in [4.69, 9.17) is 5.11 Å². The van der Waals surface area contributed by atoms with Crippen LogP contribution in [0.4, 0.5) is 4.39 Å². The van der Waals surface area contributed by atoms with Gasteiger partial charge in [0.05, 0.1) is 5.69 Å². The lowest BCUT2D eigenvalue weighted by atomic mass is 10.2. The van der Waals surface area contributed by atoms with Crippen LogP contribution in [0.5, 0.6) is 0 Å². The van der Waals surface area contributed by atoms with E-state index in [9.17, 15) is 9.18 Å². The molecule has 1 aliphatic carbocycles. The molecule has 1 aliphatic rings. The van der Waals surface area contributed by atoms with Crippen molar-refractivity contribution in [2.45, 2.75) is 25.3 Å². The van der Waals surface area contributed by atoms with Crippen molar-refractivity contribution in [2.24, 2.45) is 0 Å². The molecule has 8 nitrogen and oxygen atoms in total. The van der Waals surface area contributed by atoms with Crippen LogP contribution >= 0.6 is 0 Å². The fourth-order valence-corrected chi connectivity index (χ4v) is 2.39. The first-order chi connectivity index (χ1) is 10.6. The smallest absolute Gasteiger partial charge is 0.377 e. The molecule has 0 bridgehead atoms. The van der Waals surface area contributed by atoms with Crippen LogP contribution < -0.4 is 0 Å². The van der Waals surface area contributed by atoms with Gasteiger partial charge in [-0.05, 0) is 35.6 Å². The highest BCUT2D eigenvalue weighted by atomic mass is 19.1. The van der Waals surface area contributed by atoms with Gasteiger partial charge in [-0.1, -0.05) is 0 Å². The molecule has 0 saturated heterocycles. The molecule has 22 heavy (non-hydrogen) atoms. The van der Waals surface area contributed by atoms with Crippen LogP contribution in [-0.2, 0) is 6.54 Å². The van der Waals surface area contributed by atoms with Crippen molar-refractivity contribution in [1.82, 2.24) is 29.6 Å². The lowest BCUT2D eigenvalue weighted by Gasteiger charge is -2.00. The van der Waals surface area contributed by atoms with E-state index in [-0.39, 0.29) is 23.8 Å². The van der Waals surface area contributed by atoms with Crippen LogP contribution in [0.2, 0.25) is 0 Å². The Morgan fingerprint density at radius 1 is 1.41 bits per heavy atom. The van der Waals surface area contributed by atoms with Crippen molar-refractivity contribution in [3.8, 4) is 0 Å². The monoisotopic (exact) mass is 302 g/mol. The molecule has 3 aromatic heterocycles. The summed E-state index contributed by atoms with van der Waals surface area (Å²) in [4.78, 5) is 16.0. The standard InChI is InChI=1S/C13H11FN6O2/c14-10-3-8(7-1-2-7)4-19-5-9(15-12(10)19)6-20-17-11(13(21)22)16-18-20/h3-5,7H,1-2,6H2,(H,21,22). The molecule has 3 aromatic rings. The zero-order valence-corrected chi connectivity index (χ0v) is 11.3. The minimum atomic E-state index is -1.25. The van der Waals surface area contributed by atoms with Crippen molar-refractivity contribution in [2.75, 3.05) is 0 Å². The van der Waals surface area contributed by atoms with E-state index in [0.29, 0.717) is 11.6 Å². The number of rotatable bonds is 4. The Bertz CT molecular complexity index is 882. The van der Waals surface area contributed by atoms with Gasteiger partial charge >= 0.3 is 5.97 Å². The highest BCUT2D eigenvalue weighted by Crippen LogP contribution is 2.40. The quantitative estimate of drug-likeness (QED) is 0.774. The van der Waals surface area contributed by atoms with E-state index in [1.54, 1.807) is 10.6 Å². The second kappa shape index (κ2) is 4.58. The molecule has 1 N–H and O–H groups in total. The summed E-state index contributed by atoms with van der Waals surface area (Å²) in [7, 11) is 0. The Balaban J connectivity index is 1.66. The largest absolute Gasteiger partial charge is 0.475 e. The second-order valence-corrected chi connectivity index (χ2v) is 5.31. The van der Waals surface area contributed by atoms with Gasteiger partial charge in [-0.2, -0.15) is 4.80 Å². The zero-order valence-electron chi connectivity index (χ0n) is 11.3. The number of halogens is 1. The predicted molar refractivity (Wildman–Crippen MR) is 71.0 cm³/mol. The SMILES string of the molecule is O=C(O)c1nnn(Cc2cn3cc(C4CC4)cc(F)c3n2)n1. The minimum absolute atomic E-state index is 0.125. The molecule has 1 saturated carbocycles. The summed E-state index contributed by atoms with van der Waals surface area (Å²) in [6.07, 6.45) is 5.75. The number of carboxylic acids is 1. The molecule has 0 radical (unpaired) electrons. The Hall–Kier alpha value is -2.84. The molecule has 0 unspecified atom stereocenters. The molecule has 0 atom stereocenters. The summed E-state index contributed by atoms with van der Waals surface area (Å²) in [5.74, 6) is -1.55. The number of aromatic nitrogens is 6. The van der Waals surface area contributed by atoms with Crippen LogP contribution in [-0.4, -0.2) is 40.7 Å². The maximum atomic E-state index is 14.1. The summed E-state index contributed by atoms with van der Waals surface area (Å²) in [5, 5.41) is 19.5. The average molecular weight is 302 g/mol. The van der Waals surface area contributed by atoms with Gasteiger partial charge in [-0.25, -0.2) is 14.2 Å². The van der Waals surface area contributed by atoms with E-state index in [1.165, 1.54) is 6.07 Å². The molecular formula is C13H11FN6O2. The summed E-state index contributed by atoms with van der Waals surface area (Å²) in [6, 6.07) is 1.53. The van der Waals surface area contributed by atoms with E-state index in [2.05, 4.69) is 20.4 Å². The van der Waals surface area contributed by atoms with Gasteiger partial charge in [0.25, 0.3) is 5.82 Å². The highest BCUT2D eigenvalue weighted by Gasteiger charge is 2.25. The number of hydrogen-bond donors (Lipinski definition) is 1. The number of imidazole rings is 1. The van der Waals surface area contributed by atoms with Gasteiger partial charge in [-0.3, -0.25) is 0 Å². The predicted octanol–water partition coefficient (Wildman–Crippen LogP) is 1.08. The van der Waals surface area contributed by atoms with Gasteiger partial charge < -0.3 is 9.51 Å². The third kappa shape index (κ3) is 2.20. The third-order valence-electron chi connectivity index (χ3n) is 3.57. The second-order valence-electron chi connectivity index (χ2n) is 5.31. The van der Waals surface area contributed by atoms with Crippen LogP contribution in [0.15, 0.2) is 18.5 Å². The van der Waals surface area contributed by atoms with Gasteiger partial charge in [0.1, 0.15) is 6.54 Å². The minimum Gasteiger partial charge on any atom is -0.475 e. The highest BCUT2D eigenvalue weighted by molar-refractivity contribution is 5.82. The topological polar surface area (TPSA) is 98.2 Å². The maximum absolute atomic E-state index is 14.1. The number of aromatic carboxylic acids is 1. The van der Waals surface area contributed by atoms with E-state index < -0.39 is 5.97 Å². The Labute approximate surface area is 123 Å². The number of carboxylic acid groups (broad SMARTS) is 1. The van der Waals surface area contributed by atoms with Crippen molar-refractivity contribution in [3.05, 3.63) is 41.4 Å². The maximum Gasteiger partial charge on any atom is 0.377 e. The molecule has 0 aromatic carbocycles. The van der Waals surface area contributed by atoms with Crippen molar-refractivity contribution in [1.29, 1.82) is 0 Å². The van der Waals surface area contributed by atoms with E-state index in [0.717, 1.165) is 23.2 Å². The molecule has 0 amide bonds. The van der Waals surface area contributed by atoms with Crippen LogP contribution in [0.25, 0.3) is 5.65 Å². The molecule has 0 spiro atoms. The normalized spacial score (nSPS) is 14.6. The van der Waals surface area contributed by atoms with Crippen molar-refractivity contribution >= 4 is 11.6 Å². The van der Waals surface area contributed by atoms with Gasteiger partial charge in [0.15, 0.2) is 11.5 Å². The first-order valence-electron chi connectivity index (χ1n) is 6.78. The lowest BCUT2D eigenvalue weighted by Crippen LogP contribution is -2.06. The van der Waals surface area contributed by atoms with Crippen LogP contribution in [0.1, 0.15) is 40.6 Å². The van der Waals surface area contributed by atoms with Crippen molar-refractivity contribution < 1.29 is 14.3 Å². The van der Waals surface area contributed by atoms with E-state index in [1.807, 2.05) is 6.20 Å². The molecule has 4 rings (SSSR count). The fraction of sp³-hybridized carbons (Fsp3) is 0.308. The summed E-state index contributed by atoms with van der Waals surface area (Å²) >= 11 is 0. The molecule has 3 heterocycles. The van der Waals surface area contributed by atoms with Gasteiger partial charge in [0, 0.05) is 12.4 Å². The first-order valence-corrected chi connectivity index (χ1v) is 6.78. The Kier molecular flexibility index (Phi) is 2.68. The average Bonchev–Trinajstić information content (AvgIpc) is 3.08. The number of carbonyl (C=O) groups is 1. The summed E-state index contributed by atoms with van der Waals surface area (Å²) in [5.41, 5.74) is 1.74. The van der Waals surface area contributed by atoms with E-state index >= 15 is 0 Å². The zero-order chi connectivity index (χ0) is 15.3. The number of fused-ring (bicyclic) bond motifs is 1. The summed E-state index contributed by atoms with van der Waals surface area (Å²) < 4.78 is 15.7. The number of hydrogen-bond acceptors (Lipinski definition) is 5. The van der Waals surface area contributed by atoms with Crippen LogP contribution in [0.3, 0.4) is 0 Å². The third-order valence-corrected chi connectivity index (χ3v) is 3.57. The number of pyridine rings is 1.